The molecular weight excluding hydrogens is 250 g/mol. The van der Waals surface area contributed by atoms with Crippen molar-refractivity contribution in [1.82, 2.24) is 15.1 Å². The third kappa shape index (κ3) is 3.30. The van der Waals surface area contributed by atoms with Crippen molar-refractivity contribution in [2.75, 3.05) is 0 Å². The Kier molecular flexibility index (Phi) is 4.33. The van der Waals surface area contributed by atoms with E-state index < -0.39 is 0 Å². The molecule has 2 heterocycles. The summed E-state index contributed by atoms with van der Waals surface area (Å²) in [5, 5.41) is 13.4. The van der Waals surface area contributed by atoms with Crippen molar-refractivity contribution in [2.24, 2.45) is 0 Å². The van der Waals surface area contributed by atoms with Crippen molar-refractivity contribution in [3.05, 3.63) is 30.3 Å². The average molecular weight is 265 g/mol. The molecule has 0 aromatic carbocycles. The molecule has 0 radical (unpaired) electrons. The molecule has 6 heteroatoms. The highest BCUT2D eigenvalue weighted by Crippen LogP contribution is 2.20. The zero-order chi connectivity index (χ0) is 13.0. The molecule has 0 fully saturated rings. The van der Waals surface area contributed by atoms with E-state index >= 15 is 0 Å². The molecule has 2 aromatic rings. The molecule has 0 aliphatic carbocycles. The highest BCUT2D eigenvalue weighted by atomic mass is 32.2. The fraction of sp³-hybridized carbons (Fsp3) is 0.417. The predicted octanol–water partition coefficient (Wildman–Crippen LogP) is 2.13. The summed E-state index contributed by atoms with van der Waals surface area (Å²) in [5.41, 5.74) is 0.695. The van der Waals surface area contributed by atoms with E-state index in [2.05, 4.69) is 15.1 Å². The van der Waals surface area contributed by atoms with Crippen LogP contribution in [0.25, 0.3) is 11.5 Å². The van der Waals surface area contributed by atoms with Crippen molar-refractivity contribution < 1.29 is 9.63 Å². The van der Waals surface area contributed by atoms with Crippen LogP contribution in [0.2, 0.25) is 0 Å². The lowest BCUT2D eigenvalue weighted by Gasteiger charge is -2.11. The molecular formula is C12H15N3O2S. The molecule has 2 atom stereocenters. The van der Waals surface area contributed by atoms with E-state index in [1.165, 1.54) is 0 Å². The second-order valence-electron chi connectivity index (χ2n) is 3.98. The molecule has 2 rings (SSSR count). The first-order chi connectivity index (χ1) is 8.66. The quantitative estimate of drug-likeness (QED) is 0.893. The normalized spacial score (nSPS) is 14.4. The molecule has 0 aliphatic rings. The maximum absolute atomic E-state index is 9.38. The van der Waals surface area contributed by atoms with Crippen LogP contribution < -0.4 is 0 Å². The van der Waals surface area contributed by atoms with Gasteiger partial charge in [0.1, 0.15) is 5.69 Å². The molecule has 0 bridgehead atoms. The van der Waals surface area contributed by atoms with E-state index in [0.29, 0.717) is 23.2 Å². The van der Waals surface area contributed by atoms with Crippen LogP contribution in [-0.4, -0.2) is 31.6 Å². The molecule has 18 heavy (non-hydrogen) atoms. The van der Waals surface area contributed by atoms with Crippen molar-refractivity contribution in [3.8, 4) is 11.5 Å². The van der Waals surface area contributed by atoms with Crippen LogP contribution in [0.4, 0.5) is 0 Å². The third-order valence-corrected chi connectivity index (χ3v) is 3.84. The van der Waals surface area contributed by atoms with Gasteiger partial charge in [0.25, 0.3) is 0 Å². The van der Waals surface area contributed by atoms with Crippen molar-refractivity contribution in [1.29, 1.82) is 0 Å². The first-order valence-corrected chi connectivity index (χ1v) is 6.75. The van der Waals surface area contributed by atoms with Crippen LogP contribution >= 0.6 is 11.8 Å². The molecule has 0 spiro atoms. The molecule has 0 saturated heterocycles. The maximum Gasteiger partial charge on any atom is 0.237 e. The molecule has 1 N–H and O–H groups in total. The fourth-order valence-electron chi connectivity index (χ4n) is 1.25. The summed E-state index contributed by atoms with van der Waals surface area (Å²) in [6, 6.07) is 5.55. The van der Waals surface area contributed by atoms with Gasteiger partial charge < -0.3 is 9.63 Å². The van der Waals surface area contributed by atoms with E-state index in [1.807, 2.05) is 25.1 Å². The summed E-state index contributed by atoms with van der Waals surface area (Å²) in [5.74, 6) is 1.63. The minimum absolute atomic E-state index is 0.134. The molecule has 96 valence electrons. The average Bonchev–Trinajstić information content (AvgIpc) is 2.85. The molecule has 2 unspecified atom stereocenters. The minimum atomic E-state index is -0.354. The topological polar surface area (TPSA) is 72.0 Å². The number of aliphatic hydroxyl groups excluding tert-OH is 1. The zero-order valence-corrected chi connectivity index (χ0v) is 11.1. The lowest BCUT2D eigenvalue weighted by atomic mass is 10.3. The van der Waals surface area contributed by atoms with E-state index in [9.17, 15) is 5.11 Å². The van der Waals surface area contributed by atoms with Crippen molar-refractivity contribution in [2.45, 2.75) is 31.0 Å². The molecule has 5 nitrogen and oxygen atoms in total. The van der Waals surface area contributed by atoms with Crippen molar-refractivity contribution >= 4 is 11.8 Å². The summed E-state index contributed by atoms with van der Waals surface area (Å²) in [6.45, 7) is 3.73. The second kappa shape index (κ2) is 5.97. The molecule has 0 aliphatic heterocycles. The van der Waals surface area contributed by atoms with Gasteiger partial charge in [-0.15, -0.1) is 11.8 Å². The first-order valence-electron chi connectivity index (χ1n) is 5.70. The van der Waals surface area contributed by atoms with Gasteiger partial charge in [0.05, 0.1) is 11.9 Å². The molecule has 2 aromatic heterocycles. The summed E-state index contributed by atoms with van der Waals surface area (Å²) in [4.78, 5) is 8.42. The van der Waals surface area contributed by atoms with Crippen LogP contribution in [0.15, 0.2) is 28.9 Å². The molecule has 0 amide bonds. The van der Waals surface area contributed by atoms with E-state index in [4.69, 9.17) is 4.52 Å². The number of nitrogens with zero attached hydrogens (tertiary/aromatic N) is 3. The fourth-order valence-corrected chi connectivity index (χ4v) is 2.06. The van der Waals surface area contributed by atoms with E-state index in [0.717, 1.165) is 0 Å². The Labute approximate surface area is 110 Å². The van der Waals surface area contributed by atoms with Gasteiger partial charge in [-0.25, -0.2) is 0 Å². The Hall–Kier alpha value is -1.40. The highest BCUT2D eigenvalue weighted by Gasteiger charge is 2.13. The smallest absolute Gasteiger partial charge is 0.237 e. The highest BCUT2D eigenvalue weighted by molar-refractivity contribution is 7.99. The summed E-state index contributed by atoms with van der Waals surface area (Å²) in [6.07, 6.45) is 1.34. The number of hydrogen-bond donors (Lipinski definition) is 1. The first kappa shape index (κ1) is 13.0. The SMILES string of the molecule is CC(O)C(C)SCc1nc(-c2ccccn2)no1. The summed E-state index contributed by atoms with van der Waals surface area (Å²) >= 11 is 1.58. The van der Waals surface area contributed by atoms with Gasteiger partial charge in [0.2, 0.25) is 11.7 Å². The van der Waals surface area contributed by atoms with Gasteiger partial charge >= 0.3 is 0 Å². The van der Waals surface area contributed by atoms with Gasteiger partial charge in [0, 0.05) is 11.4 Å². The van der Waals surface area contributed by atoms with Crippen LogP contribution in [-0.2, 0) is 5.75 Å². The number of pyridine rings is 1. The molecule has 0 saturated carbocycles. The van der Waals surface area contributed by atoms with E-state index in [1.54, 1.807) is 24.9 Å². The monoisotopic (exact) mass is 265 g/mol. The van der Waals surface area contributed by atoms with Gasteiger partial charge in [-0.2, -0.15) is 4.98 Å². The van der Waals surface area contributed by atoms with Crippen LogP contribution in [0, 0.1) is 0 Å². The summed E-state index contributed by atoms with van der Waals surface area (Å²) < 4.78 is 5.15. The summed E-state index contributed by atoms with van der Waals surface area (Å²) in [7, 11) is 0. The number of aliphatic hydroxyl groups is 1. The van der Waals surface area contributed by atoms with Gasteiger partial charge in [-0.05, 0) is 19.1 Å². The number of hydrogen-bond acceptors (Lipinski definition) is 6. The standard InChI is InChI=1S/C12H15N3O2S/c1-8(16)9(2)18-7-11-14-12(15-17-11)10-5-3-4-6-13-10/h3-6,8-9,16H,7H2,1-2H3. The number of aromatic nitrogens is 3. The lowest BCUT2D eigenvalue weighted by molar-refractivity contribution is 0.196. The Balaban J connectivity index is 1.99. The van der Waals surface area contributed by atoms with Gasteiger partial charge in [-0.1, -0.05) is 18.1 Å². The Morgan fingerprint density at radius 1 is 1.39 bits per heavy atom. The lowest BCUT2D eigenvalue weighted by Crippen LogP contribution is -2.15. The number of thioether (sulfide) groups is 1. The van der Waals surface area contributed by atoms with Gasteiger partial charge in [0.15, 0.2) is 0 Å². The Morgan fingerprint density at radius 3 is 2.89 bits per heavy atom. The van der Waals surface area contributed by atoms with Crippen LogP contribution in [0.3, 0.4) is 0 Å². The van der Waals surface area contributed by atoms with Crippen LogP contribution in [0.5, 0.6) is 0 Å². The third-order valence-electron chi connectivity index (χ3n) is 2.51. The Morgan fingerprint density at radius 2 is 2.22 bits per heavy atom. The van der Waals surface area contributed by atoms with Gasteiger partial charge in [-0.3, -0.25) is 4.98 Å². The predicted molar refractivity (Wildman–Crippen MR) is 70.0 cm³/mol. The zero-order valence-electron chi connectivity index (χ0n) is 10.3. The largest absolute Gasteiger partial charge is 0.392 e. The maximum atomic E-state index is 9.38. The Bertz CT molecular complexity index is 487. The number of rotatable bonds is 5. The van der Waals surface area contributed by atoms with Crippen molar-refractivity contribution in [3.63, 3.8) is 0 Å². The second-order valence-corrected chi connectivity index (χ2v) is 5.35. The van der Waals surface area contributed by atoms with Crippen LogP contribution in [0.1, 0.15) is 19.7 Å². The van der Waals surface area contributed by atoms with E-state index in [-0.39, 0.29) is 11.4 Å². The minimum Gasteiger partial charge on any atom is -0.392 e.